The van der Waals surface area contributed by atoms with Crippen LogP contribution < -0.4 is 0 Å². The zero-order chi connectivity index (χ0) is 28.8. The molecule has 0 radical (unpaired) electrons. The van der Waals surface area contributed by atoms with E-state index in [4.69, 9.17) is 33.2 Å². The van der Waals surface area contributed by atoms with Crippen LogP contribution in [0.5, 0.6) is 0 Å². The average Bonchev–Trinajstić information content (AvgIpc) is 2.89. The maximum absolute atomic E-state index is 11.7. The molecule has 0 saturated carbocycles. The van der Waals surface area contributed by atoms with Gasteiger partial charge in [-0.1, -0.05) is 0 Å². The highest BCUT2D eigenvalue weighted by Crippen LogP contribution is 2.33. The molecule has 224 valence electrons. The van der Waals surface area contributed by atoms with E-state index in [1.54, 1.807) is 20.8 Å². The number of aliphatic hydroxyl groups is 6. The van der Waals surface area contributed by atoms with Crippen molar-refractivity contribution in [2.24, 2.45) is 0 Å². The van der Waals surface area contributed by atoms with Gasteiger partial charge in [-0.3, -0.25) is 4.79 Å². The van der Waals surface area contributed by atoms with Gasteiger partial charge >= 0.3 is 0 Å². The Labute approximate surface area is 226 Å². The summed E-state index contributed by atoms with van der Waals surface area (Å²) >= 11 is 0. The summed E-state index contributed by atoms with van der Waals surface area (Å²) in [6, 6.07) is 0. The summed E-state index contributed by atoms with van der Waals surface area (Å²) in [7, 11) is 0. The minimum Gasteiger partial charge on any atom is -0.388 e. The molecule has 0 bridgehead atoms. The molecule has 0 aromatic rings. The van der Waals surface area contributed by atoms with Crippen LogP contribution in [0.4, 0.5) is 0 Å². The number of ether oxygens (including phenoxy) is 7. The molecule has 0 aromatic heterocycles. The molecule has 0 aromatic carbocycles. The standard InChI is InChI=1S/C25H40O14/c1-8-13(26)6-7-14(34-8)37-22-17(29)11(4)35-24(19(22)31)39-23-18(30)12(5)36-25(20(23)32)38-21-15(27)9(2)33-10(3)16(21)28/h6-12,14-25,27-32H,1-5H3/t8?,9?,10?,11?,12?,14?,15-,16+,17-,18-,19-,20-,21-,22-,23-,24?,25?/m0/s1. The lowest BCUT2D eigenvalue weighted by molar-refractivity contribution is -0.373. The number of carbonyl (C=O) groups excluding carboxylic acids is 1. The molecule has 39 heavy (non-hydrogen) atoms. The number of ketones is 1. The number of carbonyl (C=O) groups is 1. The maximum Gasteiger partial charge on any atom is 0.187 e. The Bertz CT molecular complexity index is 858. The Morgan fingerprint density at radius 3 is 1.38 bits per heavy atom. The van der Waals surface area contributed by atoms with Gasteiger partial charge in [0, 0.05) is 0 Å². The second-order valence-corrected chi connectivity index (χ2v) is 10.6. The van der Waals surface area contributed by atoms with Crippen molar-refractivity contribution in [3.8, 4) is 0 Å². The first kappa shape index (κ1) is 30.8. The summed E-state index contributed by atoms with van der Waals surface area (Å²) in [5.41, 5.74) is 0. The summed E-state index contributed by atoms with van der Waals surface area (Å²) < 4.78 is 39.6. The van der Waals surface area contributed by atoms with Crippen LogP contribution in [-0.4, -0.2) is 141 Å². The third-order valence-electron chi connectivity index (χ3n) is 7.66. The molecule has 3 fully saturated rings. The van der Waals surface area contributed by atoms with Crippen LogP contribution in [-0.2, 0) is 38.0 Å². The molecule has 4 aliphatic rings. The Morgan fingerprint density at radius 1 is 0.564 bits per heavy atom. The molecule has 0 amide bonds. The first-order chi connectivity index (χ1) is 18.3. The fourth-order valence-corrected chi connectivity index (χ4v) is 5.10. The van der Waals surface area contributed by atoms with E-state index in [-0.39, 0.29) is 5.78 Å². The SMILES string of the molecule is CC1OC(O[C@@H]2[C@H](O)C(O[C@@H]3[C@H](O)C(O[C@@H]4[C@H](O)C(C)OC(C)[C@@H]4O)OC(C)[C@@H]3O)OC(C)[C@@H]2O)C=CC1=O. The van der Waals surface area contributed by atoms with E-state index in [9.17, 15) is 35.4 Å². The van der Waals surface area contributed by atoms with Crippen LogP contribution in [0.1, 0.15) is 34.6 Å². The topological polar surface area (TPSA) is 203 Å². The van der Waals surface area contributed by atoms with Gasteiger partial charge in [-0.05, 0) is 46.8 Å². The summed E-state index contributed by atoms with van der Waals surface area (Å²) in [5, 5.41) is 64.5. The first-order valence-corrected chi connectivity index (χ1v) is 13.2. The molecular weight excluding hydrogens is 524 g/mol. The van der Waals surface area contributed by atoms with Gasteiger partial charge in [-0.15, -0.1) is 0 Å². The number of rotatable bonds is 6. The fourth-order valence-electron chi connectivity index (χ4n) is 5.10. The lowest BCUT2D eigenvalue weighted by atomic mass is 9.95. The van der Waals surface area contributed by atoms with Crippen molar-refractivity contribution in [1.82, 2.24) is 0 Å². The van der Waals surface area contributed by atoms with Crippen molar-refractivity contribution < 1.29 is 68.6 Å². The fraction of sp³-hybridized carbons (Fsp3) is 0.880. The quantitative estimate of drug-likeness (QED) is 0.197. The third-order valence-corrected chi connectivity index (χ3v) is 7.66. The van der Waals surface area contributed by atoms with Gasteiger partial charge in [0.1, 0.15) is 61.0 Å². The summed E-state index contributed by atoms with van der Waals surface area (Å²) in [4.78, 5) is 11.7. The van der Waals surface area contributed by atoms with E-state index in [1.807, 2.05) is 0 Å². The molecule has 0 aliphatic carbocycles. The number of hydrogen-bond acceptors (Lipinski definition) is 14. The van der Waals surface area contributed by atoms with E-state index < -0.39 is 104 Å². The van der Waals surface area contributed by atoms with Gasteiger partial charge < -0.3 is 63.8 Å². The summed E-state index contributed by atoms with van der Waals surface area (Å²) in [5.74, 6) is -0.254. The second-order valence-electron chi connectivity index (χ2n) is 10.6. The van der Waals surface area contributed by atoms with Crippen LogP contribution in [0.2, 0.25) is 0 Å². The van der Waals surface area contributed by atoms with E-state index in [1.165, 1.54) is 26.0 Å². The molecule has 14 heteroatoms. The van der Waals surface area contributed by atoms with Crippen LogP contribution in [0.25, 0.3) is 0 Å². The van der Waals surface area contributed by atoms with E-state index in [2.05, 4.69) is 0 Å². The van der Waals surface area contributed by atoms with Crippen LogP contribution in [0.3, 0.4) is 0 Å². The minimum atomic E-state index is -1.64. The van der Waals surface area contributed by atoms with Crippen molar-refractivity contribution in [2.45, 2.75) is 139 Å². The summed E-state index contributed by atoms with van der Waals surface area (Å²) in [6.07, 6.45) is -17.5. The Balaban J connectivity index is 1.47. The Hall–Kier alpha value is -1.11. The lowest BCUT2D eigenvalue weighted by Crippen LogP contribution is -2.65. The van der Waals surface area contributed by atoms with E-state index in [0.29, 0.717) is 0 Å². The number of hydrogen-bond donors (Lipinski definition) is 6. The van der Waals surface area contributed by atoms with Crippen molar-refractivity contribution >= 4 is 5.78 Å². The second kappa shape index (κ2) is 12.4. The van der Waals surface area contributed by atoms with Gasteiger partial charge in [-0.25, -0.2) is 0 Å². The average molecular weight is 565 g/mol. The Kier molecular flexibility index (Phi) is 9.81. The summed E-state index contributed by atoms with van der Waals surface area (Å²) in [6.45, 7) is 7.80. The minimum absolute atomic E-state index is 0.254. The van der Waals surface area contributed by atoms with Crippen LogP contribution in [0.15, 0.2) is 12.2 Å². The normalized spacial score (nSPS) is 53.1. The van der Waals surface area contributed by atoms with Crippen LogP contribution in [0, 0.1) is 0 Å². The van der Waals surface area contributed by atoms with Crippen molar-refractivity contribution in [3.63, 3.8) is 0 Å². The molecule has 3 saturated heterocycles. The smallest absolute Gasteiger partial charge is 0.187 e. The molecule has 17 atom stereocenters. The molecular formula is C25H40O14. The van der Waals surface area contributed by atoms with Gasteiger partial charge in [0.25, 0.3) is 0 Å². The highest BCUT2D eigenvalue weighted by Gasteiger charge is 2.52. The molecule has 8 unspecified atom stereocenters. The van der Waals surface area contributed by atoms with Gasteiger partial charge in [0.2, 0.25) is 0 Å². The molecule has 6 N–H and O–H groups in total. The predicted octanol–water partition coefficient (Wildman–Crippen LogP) is -2.53. The monoisotopic (exact) mass is 564 g/mol. The zero-order valence-electron chi connectivity index (χ0n) is 22.4. The van der Waals surface area contributed by atoms with Crippen LogP contribution >= 0.6 is 0 Å². The third kappa shape index (κ3) is 6.38. The molecule has 14 nitrogen and oxygen atoms in total. The molecule has 0 spiro atoms. The largest absolute Gasteiger partial charge is 0.388 e. The van der Waals surface area contributed by atoms with E-state index >= 15 is 0 Å². The van der Waals surface area contributed by atoms with Gasteiger partial charge in [0.05, 0.1) is 24.4 Å². The van der Waals surface area contributed by atoms with E-state index in [0.717, 1.165) is 0 Å². The van der Waals surface area contributed by atoms with Crippen molar-refractivity contribution in [3.05, 3.63) is 12.2 Å². The van der Waals surface area contributed by atoms with Gasteiger partial charge in [0.15, 0.2) is 24.7 Å². The zero-order valence-corrected chi connectivity index (χ0v) is 22.4. The highest BCUT2D eigenvalue weighted by molar-refractivity contribution is 5.93. The number of aliphatic hydroxyl groups excluding tert-OH is 6. The lowest BCUT2D eigenvalue weighted by Gasteiger charge is -2.48. The van der Waals surface area contributed by atoms with Gasteiger partial charge in [-0.2, -0.15) is 0 Å². The molecule has 4 aliphatic heterocycles. The van der Waals surface area contributed by atoms with Crippen molar-refractivity contribution in [2.75, 3.05) is 0 Å². The highest BCUT2D eigenvalue weighted by atomic mass is 16.7. The maximum atomic E-state index is 11.7. The predicted molar refractivity (Wildman–Crippen MR) is 128 cm³/mol. The molecule has 4 rings (SSSR count). The first-order valence-electron chi connectivity index (χ1n) is 13.2. The Morgan fingerprint density at radius 2 is 0.949 bits per heavy atom. The van der Waals surface area contributed by atoms with Crippen molar-refractivity contribution in [1.29, 1.82) is 0 Å². The molecule has 4 heterocycles.